The van der Waals surface area contributed by atoms with E-state index in [1.165, 1.54) is 5.56 Å². The predicted molar refractivity (Wildman–Crippen MR) is 57.2 cm³/mol. The van der Waals surface area contributed by atoms with Gasteiger partial charge in [0.25, 0.3) is 0 Å². The third-order valence-electron chi connectivity index (χ3n) is 1.81. The van der Waals surface area contributed by atoms with E-state index in [0.717, 1.165) is 19.3 Å². The van der Waals surface area contributed by atoms with Crippen molar-refractivity contribution in [3.63, 3.8) is 0 Å². The number of benzene rings is 1. The third-order valence-corrected chi connectivity index (χ3v) is 1.81. The van der Waals surface area contributed by atoms with Crippen LogP contribution in [0.4, 0.5) is 0 Å². The molecule has 0 atom stereocenters. The summed E-state index contributed by atoms with van der Waals surface area (Å²) >= 11 is 0. The Morgan fingerprint density at radius 2 is 1.77 bits per heavy atom. The van der Waals surface area contributed by atoms with Crippen LogP contribution in [0.1, 0.15) is 18.4 Å². The quantitative estimate of drug-likeness (QED) is 0.394. The molecule has 0 heterocycles. The first-order valence-corrected chi connectivity index (χ1v) is 4.26. The van der Waals surface area contributed by atoms with Crippen molar-refractivity contribution < 1.29 is 0 Å². The molecule has 0 saturated carbocycles. The second kappa shape index (κ2) is 8.42. The molecule has 0 aromatic heterocycles. The van der Waals surface area contributed by atoms with E-state index >= 15 is 0 Å². The zero-order chi connectivity index (χ0) is 8.65. The van der Waals surface area contributed by atoms with Gasteiger partial charge < -0.3 is 0 Å². The normalized spacial score (nSPS) is 8.92. The van der Waals surface area contributed by atoms with Gasteiger partial charge in [-0.25, -0.2) is 0 Å². The number of hydrogen-bond acceptors (Lipinski definition) is 2. The fraction of sp³-hybridized carbons (Fsp3) is 0.400. The fourth-order valence-electron chi connectivity index (χ4n) is 1.15. The number of aryl methyl sites for hydroxylation is 1. The molecule has 0 aliphatic rings. The molecule has 0 aliphatic carbocycles. The minimum atomic E-state index is 0. The van der Waals surface area contributed by atoms with Gasteiger partial charge in [-0.1, -0.05) is 35.5 Å². The zero-order valence-corrected chi connectivity index (χ0v) is 7.07. The van der Waals surface area contributed by atoms with Crippen LogP contribution in [-0.2, 0) is 6.42 Å². The van der Waals surface area contributed by atoms with Crippen molar-refractivity contribution in [3.05, 3.63) is 40.8 Å². The molecule has 0 spiro atoms. The zero-order valence-electron chi connectivity index (χ0n) is 7.07. The average Bonchev–Trinajstić information content (AvgIpc) is 2.14. The Morgan fingerprint density at radius 3 is 2.38 bits per heavy atom. The van der Waals surface area contributed by atoms with Gasteiger partial charge in [-0.3, -0.25) is 0 Å². The summed E-state index contributed by atoms with van der Waals surface area (Å²) in [6.07, 6.45) is 3.00. The molecule has 1 aromatic carbocycles. The topological polar surface area (TPSA) is 29.4 Å². The molecule has 1 aromatic rings. The van der Waals surface area contributed by atoms with Crippen LogP contribution in [0.5, 0.6) is 0 Å². The Bertz CT molecular complexity index is 226. The maximum atomic E-state index is 9.77. The van der Waals surface area contributed by atoms with E-state index in [0.29, 0.717) is 6.54 Å². The van der Waals surface area contributed by atoms with Gasteiger partial charge in [0.15, 0.2) is 0 Å². The standard InChI is InChI=1S/C10H13NO.Na.H/c12-11-9-5-4-8-10-6-2-1-3-7-10;;/h1-3,6-7H,4-5,8-9H2;;. The molecule has 0 unspecified atom stereocenters. The van der Waals surface area contributed by atoms with Crippen LogP contribution in [-0.4, -0.2) is 36.1 Å². The molecule has 0 radical (unpaired) electrons. The van der Waals surface area contributed by atoms with Crippen molar-refractivity contribution in [1.82, 2.24) is 0 Å². The number of nitroso groups, excluding NO2 is 1. The summed E-state index contributed by atoms with van der Waals surface area (Å²) in [5.74, 6) is 0. The molecule has 1 rings (SSSR count). The molecule has 13 heavy (non-hydrogen) atoms. The summed E-state index contributed by atoms with van der Waals surface area (Å²) < 4.78 is 0. The first-order valence-electron chi connectivity index (χ1n) is 4.26. The number of hydrogen-bond donors (Lipinski definition) is 0. The van der Waals surface area contributed by atoms with Crippen LogP contribution in [0.2, 0.25) is 0 Å². The molecule has 0 bridgehead atoms. The van der Waals surface area contributed by atoms with Crippen LogP contribution in [0, 0.1) is 4.91 Å². The van der Waals surface area contributed by atoms with E-state index in [9.17, 15) is 4.91 Å². The Kier molecular flexibility index (Phi) is 8.30. The van der Waals surface area contributed by atoms with Gasteiger partial charge in [-0.05, 0) is 24.8 Å². The molecule has 0 N–H and O–H groups in total. The van der Waals surface area contributed by atoms with Crippen LogP contribution in [0.15, 0.2) is 35.5 Å². The Balaban J connectivity index is 0.00000144. The predicted octanol–water partition coefficient (Wildman–Crippen LogP) is 2.13. The molecule has 0 saturated heterocycles. The van der Waals surface area contributed by atoms with Crippen LogP contribution < -0.4 is 0 Å². The molecule has 66 valence electrons. The van der Waals surface area contributed by atoms with E-state index in [2.05, 4.69) is 17.3 Å². The number of nitrogens with zero attached hydrogens (tertiary/aromatic N) is 1. The van der Waals surface area contributed by atoms with Crippen LogP contribution in [0.25, 0.3) is 0 Å². The molecule has 3 heteroatoms. The van der Waals surface area contributed by atoms with Gasteiger partial charge >= 0.3 is 29.6 Å². The van der Waals surface area contributed by atoms with Crippen molar-refractivity contribution >= 4 is 29.6 Å². The Labute approximate surface area is 101 Å². The summed E-state index contributed by atoms with van der Waals surface area (Å²) in [6, 6.07) is 10.3. The second-order valence-corrected chi connectivity index (χ2v) is 2.80. The van der Waals surface area contributed by atoms with Gasteiger partial charge in [-0.2, -0.15) is 4.91 Å². The Hall–Kier alpha value is -0.180. The van der Waals surface area contributed by atoms with E-state index in [-0.39, 0.29) is 29.6 Å². The van der Waals surface area contributed by atoms with E-state index < -0.39 is 0 Å². The molecular formula is C10H14NNaO. The molecule has 0 aliphatic heterocycles. The molecular weight excluding hydrogens is 173 g/mol. The summed E-state index contributed by atoms with van der Waals surface area (Å²) in [5, 5.41) is 2.82. The van der Waals surface area contributed by atoms with E-state index in [1.54, 1.807) is 0 Å². The van der Waals surface area contributed by atoms with Crippen LogP contribution >= 0.6 is 0 Å². The van der Waals surface area contributed by atoms with Crippen LogP contribution in [0.3, 0.4) is 0 Å². The number of rotatable bonds is 5. The summed E-state index contributed by atoms with van der Waals surface area (Å²) in [7, 11) is 0. The Morgan fingerprint density at radius 1 is 1.08 bits per heavy atom. The van der Waals surface area contributed by atoms with Gasteiger partial charge in [0.2, 0.25) is 0 Å². The van der Waals surface area contributed by atoms with Gasteiger partial charge in [0.05, 0.1) is 6.54 Å². The number of unbranched alkanes of at least 4 members (excludes halogenated alkanes) is 1. The van der Waals surface area contributed by atoms with Gasteiger partial charge in [0, 0.05) is 0 Å². The van der Waals surface area contributed by atoms with Crippen molar-refractivity contribution in [3.8, 4) is 0 Å². The average molecular weight is 187 g/mol. The van der Waals surface area contributed by atoms with Gasteiger partial charge in [-0.15, -0.1) is 0 Å². The van der Waals surface area contributed by atoms with E-state index in [4.69, 9.17) is 0 Å². The van der Waals surface area contributed by atoms with E-state index in [1.807, 2.05) is 18.2 Å². The summed E-state index contributed by atoms with van der Waals surface area (Å²) in [5.41, 5.74) is 1.34. The molecule has 0 fully saturated rings. The third kappa shape index (κ3) is 5.97. The first kappa shape index (κ1) is 12.8. The molecule has 0 amide bonds. The van der Waals surface area contributed by atoms with Crippen molar-refractivity contribution in [2.75, 3.05) is 6.54 Å². The fourth-order valence-corrected chi connectivity index (χ4v) is 1.15. The summed E-state index contributed by atoms with van der Waals surface area (Å²) in [6.45, 7) is 0.451. The second-order valence-electron chi connectivity index (χ2n) is 2.80. The first-order chi connectivity index (χ1) is 5.93. The molecule has 2 nitrogen and oxygen atoms in total. The monoisotopic (exact) mass is 187 g/mol. The SMILES string of the molecule is O=NCCCCc1ccccc1.[NaH]. The van der Waals surface area contributed by atoms with Gasteiger partial charge in [0.1, 0.15) is 0 Å². The minimum absolute atomic E-state index is 0. The summed E-state index contributed by atoms with van der Waals surface area (Å²) in [4.78, 5) is 9.77. The van der Waals surface area contributed by atoms with Crippen molar-refractivity contribution in [2.45, 2.75) is 19.3 Å². The maximum absolute atomic E-state index is 9.77. The van der Waals surface area contributed by atoms with Crippen molar-refractivity contribution in [1.29, 1.82) is 0 Å². The van der Waals surface area contributed by atoms with Crippen molar-refractivity contribution in [2.24, 2.45) is 5.18 Å².